The molecular formula is C18H18N2O6. The number of non-ortho nitro benzene ring substituents is 1. The van der Waals surface area contributed by atoms with Gasteiger partial charge in [0.1, 0.15) is 0 Å². The molecule has 1 aliphatic rings. The van der Waals surface area contributed by atoms with Crippen molar-refractivity contribution in [2.75, 3.05) is 13.2 Å². The molecule has 2 N–H and O–H groups in total. The normalized spacial score (nSPS) is 16.0. The third kappa shape index (κ3) is 3.01. The minimum Gasteiger partial charge on any atom is -0.504 e. The van der Waals surface area contributed by atoms with Crippen LogP contribution in [0.1, 0.15) is 29.7 Å². The minimum absolute atomic E-state index is 0.0805. The van der Waals surface area contributed by atoms with Gasteiger partial charge in [-0.05, 0) is 24.5 Å². The van der Waals surface area contributed by atoms with Crippen LogP contribution in [0.2, 0.25) is 0 Å². The Bertz CT molecular complexity index is 867. The maximum absolute atomic E-state index is 12.4. The number of phenolic OH excluding ortho intramolecular Hbond substituents is 2. The Morgan fingerprint density at radius 1 is 1.31 bits per heavy atom. The van der Waals surface area contributed by atoms with Crippen molar-refractivity contribution in [2.24, 2.45) is 0 Å². The number of phenols is 2. The predicted molar refractivity (Wildman–Crippen MR) is 92.1 cm³/mol. The SMILES string of the molecule is CCOC(=O)N1CCc2ccccc2C1c1cc([N+](=O)[O-])cc(O)c1O. The van der Waals surface area contributed by atoms with Crippen LogP contribution in [-0.2, 0) is 11.2 Å². The Morgan fingerprint density at radius 2 is 2.04 bits per heavy atom. The maximum Gasteiger partial charge on any atom is 0.410 e. The van der Waals surface area contributed by atoms with Gasteiger partial charge in [0.15, 0.2) is 11.5 Å². The molecule has 1 aliphatic heterocycles. The van der Waals surface area contributed by atoms with Crippen LogP contribution in [0.5, 0.6) is 11.5 Å². The number of carbonyl (C=O) groups is 1. The van der Waals surface area contributed by atoms with Gasteiger partial charge >= 0.3 is 6.09 Å². The molecule has 0 spiro atoms. The van der Waals surface area contributed by atoms with Crippen LogP contribution < -0.4 is 0 Å². The first-order valence-corrected chi connectivity index (χ1v) is 8.15. The molecule has 0 fully saturated rings. The molecule has 0 bridgehead atoms. The summed E-state index contributed by atoms with van der Waals surface area (Å²) in [6, 6.07) is 8.59. The fourth-order valence-electron chi connectivity index (χ4n) is 3.24. The quantitative estimate of drug-likeness (QED) is 0.495. The van der Waals surface area contributed by atoms with E-state index < -0.39 is 28.6 Å². The summed E-state index contributed by atoms with van der Waals surface area (Å²) in [7, 11) is 0. The van der Waals surface area contributed by atoms with Crippen molar-refractivity contribution < 1.29 is 24.7 Å². The molecule has 3 rings (SSSR count). The zero-order valence-electron chi connectivity index (χ0n) is 14.1. The van der Waals surface area contributed by atoms with Crippen molar-refractivity contribution in [3.05, 3.63) is 63.2 Å². The molecule has 136 valence electrons. The number of nitrogens with zero attached hydrogens (tertiary/aromatic N) is 2. The average molecular weight is 358 g/mol. The van der Waals surface area contributed by atoms with Gasteiger partial charge in [-0.25, -0.2) is 4.79 Å². The van der Waals surface area contributed by atoms with Gasteiger partial charge in [-0.1, -0.05) is 24.3 Å². The van der Waals surface area contributed by atoms with Crippen LogP contribution in [0.15, 0.2) is 36.4 Å². The average Bonchev–Trinajstić information content (AvgIpc) is 2.63. The number of benzene rings is 2. The smallest absolute Gasteiger partial charge is 0.410 e. The Kier molecular flexibility index (Phi) is 4.66. The monoisotopic (exact) mass is 358 g/mol. The summed E-state index contributed by atoms with van der Waals surface area (Å²) in [6.45, 7) is 2.18. The lowest BCUT2D eigenvalue weighted by Gasteiger charge is -2.37. The van der Waals surface area contributed by atoms with Gasteiger partial charge in [0.2, 0.25) is 0 Å². The standard InChI is InChI=1S/C18H18N2O6/c1-2-26-18(23)19-8-7-11-5-3-4-6-13(11)16(19)14-9-12(20(24)25)10-15(21)17(14)22/h3-6,9-10,16,21-22H,2,7-8H2,1H3. The number of nitro groups is 1. The highest BCUT2D eigenvalue weighted by Crippen LogP contribution is 2.44. The van der Waals surface area contributed by atoms with E-state index >= 15 is 0 Å². The number of hydrogen-bond donors (Lipinski definition) is 2. The van der Waals surface area contributed by atoms with Crippen molar-refractivity contribution in [3.8, 4) is 11.5 Å². The number of fused-ring (bicyclic) bond motifs is 1. The van der Waals surface area contributed by atoms with Crippen molar-refractivity contribution >= 4 is 11.8 Å². The highest BCUT2D eigenvalue weighted by atomic mass is 16.6. The number of nitro benzene ring substituents is 1. The number of carbonyl (C=O) groups excluding carboxylic acids is 1. The van der Waals surface area contributed by atoms with E-state index in [1.807, 2.05) is 12.1 Å². The van der Waals surface area contributed by atoms with Crippen molar-refractivity contribution in [1.82, 2.24) is 4.90 Å². The van der Waals surface area contributed by atoms with Gasteiger partial charge in [0.05, 0.1) is 23.6 Å². The predicted octanol–water partition coefficient (Wildman–Crippen LogP) is 3.11. The largest absolute Gasteiger partial charge is 0.504 e. The van der Waals surface area contributed by atoms with Crippen molar-refractivity contribution in [3.63, 3.8) is 0 Å². The molecule has 26 heavy (non-hydrogen) atoms. The van der Waals surface area contributed by atoms with E-state index in [-0.39, 0.29) is 17.9 Å². The Balaban J connectivity index is 2.20. The topological polar surface area (TPSA) is 113 Å². The number of aromatic hydroxyl groups is 2. The van der Waals surface area contributed by atoms with Crippen LogP contribution in [0.25, 0.3) is 0 Å². The lowest BCUT2D eigenvalue weighted by molar-refractivity contribution is -0.385. The van der Waals surface area contributed by atoms with Gasteiger partial charge in [-0.2, -0.15) is 0 Å². The lowest BCUT2D eigenvalue weighted by Crippen LogP contribution is -2.41. The number of hydrogen-bond acceptors (Lipinski definition) is 6. The van der Waals surface area contributed by atoms with Crippen molar-refractivity contribution in [1.29, 1.82) is 0 Å². The summed E-state index contributed by atoms with van der Waals surface area (Å²) >= 11 is 0. The Morgan fingerprint density at radius 3 is 2.73 bits per heavy atom. The molecule has 2 aromatic rings. The second kappa shape index (κ2) is 6.91. The van der Waals surface area contributed by atoms with Crippen LogP contribution in [0.4, 0.5) is 10.5 Å². The van der Waals surface area contributed by atoms with E-state index in [1.165, 1.54) is 11.0 Å². The molecule has 8 heteroatoms. The summed E-state index contributed by atoms with van der Waals surface area (Å²) in [5, 5.41) is 31.5. The molecule has 0 radical (unpaired) electrons. The molecule has 0 saturated carbocycles. The first-order valence-electron chi connectivity index (χ1n) is 8.15. The van der Waals surface area contributed by atoms with E-state index in [9.17, 15) is 25.1 Å². The first-order chi connectivity index (χ1) is 12.4. The minimum atomic E-state index is -0.801. The van der Waals surface area contributed by atoms with Gasteiger partial charge in [0.25, 0.3) is 5.69 Å². The van der Waals surface area contributed by atoms with Gasteiger partial charge < -0.3 is 14.9 Å². The van der Waals surface area contributed by atoms with E-state index in [4.69, 9.17) is 4.74 Å². The maximum atomic E-state index is 12.4. The van der Waals surface area contributed by atoms with Crippen LogP contribution >= 0.6 is 0 Å². The zero-order chi connectivity index (χ0) is 18.8. The van der Waals surface area contributed by atoms with Crippen molar-refractivity contribution in [2.45, 2.75) is 19.4 Å². The third-order valence-electron chi connectivity index (χ3n) is 4.40. The lowest BCUT2D eigenvalue weighted by atomic mass is 9.87. The molecule has 0 aromatic heterocycles. The van der Waals surface area contributed by atoms with Crippen LogP contribution in [0.3, 0.4) is 0 Å². The summed E-state index contributed by atoms with van der Waals surface area (Å²) in [6.07, 6.45) is 0.00469. The molecular weight excluding hydrogens is 340 g/mol. The second-order valence-corrected chi connectivity index (χ2v) is 5.90. The van der Waals surface area contributed by atoms with Gasteiger partial charge in [-0.15, -0.1) is 0 Å². The summed E-state index contributed by atoms with van der Waals surface area (Å²) in [4.78, 5) is 24.3. The summed E-state index contributed by atoms with van der Waals surface area (Å²) < 4.78 is 5.10. The van der Waals surface area contributed by atoms with E-state index in [1.54, 1.807) is 19.1 Å². The summed E-state index contributed by atoms with van der Waals surface area (Å²) in [5.74, 6) is -1.10. The molecule has 1 amide bonds. The fraction of sp³-hybridized carbons (Fsp3) is 0.278. The molecule has 1 heterocycles. The highest BCUT2D eigenvalue weighted by Gasteiger charge is 2.36. The van der Waals surface area contributed by atoms with Crippen LogP contribution in [0, 0.1) is 10.1 Å². The number of rotatable bonds is 3. The Hall–Kier alpha value is -3.29. The van der Waals surface area contributed by atoms with E-state index in [0.717, 1.165) is 17.2 Å². The third-order valence-corrected chi connectivity index (χ3v) is 4.40. The summed E-state index contributed by atoms with van der Waals surface area (Å²) in [5.41, 5.74) is 1.39. The van der Waals surface area contributed by atoms with E-state index in [2.05, 4.69) is 0 Å². The zero-order valence-corrected chi connectivity index (χ0v) is 14.1. The molecule has 0 saturated heterocycles. The first kappa shape index (κ1) is 17.5. The molecule has 1 atom stereocenters. The van der Waals surface area contributed by atoms with E-state index in [0.29, 0.717) is 13.0 Å². The number of ether oxygens (including phenoxy) is 1. The Labute approximate surface area is 149 Å². The van der Waals surface area contributed by atoms with Crippen LogP contribution in [-0.4, -0.2) is 39.3 Å². The molecule has 8 nitrogen and oxygen atoms in total. The van der Waals surface area contributed by atoms with Gasteiger partial charge in [-0.3, -0.25) is 15.0 Å². The molecule has 1 unspecified atom stereocenters. The highest BCUT2D eigenvalue weighted by molar-refractivity contribution is 5.71. The second-order valence-electron chi connectivity index (χ2n) is 5.90. The molecule has 2 aromatic carbocycles. The fourth-order valence-corrected chi connectivity index (χ4v) is 3.24. The molecule has 0 aliphatic carbocycles. The number of amides is 1. The van der Waals surface area contributed by atoms with Gasteiger partial charge in [0, 0.05) is 18.2 Å².